The Kier molecular flexibility index (Phi) is 2.78. The van der Waals surface area contributed by atoms with Gasteiger partial charge in [-0.1, -0.05) is 6.42 Å². The molecule has 0 aromatic carbocycles. The van der Waals surface area contributed by atoms with E-state index in [1.54, 1.807) is 0 Å². The van der Waals surface area contributed by atoms with E-state index in [0.29, 0.717) is 11.8 Å². The van der Waals surface area contributed by atoms with Gasteiger partial charge in [-0.15, -0.1) is 0 Å². The van der Waals surface area contributed by atoms with Crippen molar-refractivity contribution < 1.29 is 4.79 Å². The quantitative estimate of drug-likeness (QED) is 0.714. The predicted molar refractivity (Wildman–Crippen MR) is 64.2 cm³/mol. The van der Waals surface area contributed by atoms with Gasteiger partial charge < -0.3 is 0 Å². The topological polar surface area (TPSA) is 20.3 Å². The molecule has 0 radical (unpaired) electrons. The second-order valence-electron chi connectivity index (χ2n) is 6.27. The first-order valence-corrected chi connectivity index (χ1v) is 6.98. The van der Waals surface area contributed by atoms with E-state index in [1.165, 1.54) is 32.2 Å². The summed E-state index contributed by atoms with van der Waals surface area (Å²) in [4.78, 5) is 13.9. The molecule has 0 N–H and O–H groups in total. The molecule has 1 heterocycles. The third-order valence-electron chi connectivity index (χ3n) is 5.18. The molecule has 0 spiro atoms. The van der Waals surface area contributed by atoms with E-state index in [9.17, 15) is 4.79 Å². The molecular formula is C14H23NO. The number of carbonyl (C=O) groups excluding carboxylic acids is 1. The van der Waals surface area contributed by atoms with E-state index in [2.05, 4.69) is 11.8 Å². The van der Waals surface area contributed by atoms with Crippen molar-refractivity contribution >= 4 is 5.78 Å². The van der Waals surface area contributed by atoms with Crippen molar-refractivity contribution in [2.45, 2.75) is 51.5 Å². The first-order valence-electron chi connectivity index (χ1n) is 6.98. The smallest absolute Gasteiger partial charge is 0.135 e. The minimum atomic E-state index is 0.469. The lowest BCUT2D eigenvalue weighted by Gasteiger charge is -2.36. The van der Waals surface area contributed by atoms with Gasteiger partial charge in [-0.25, -0.2) is 0 Å². The zero-order valence-electron chi connectivity index (χ0n) is 10.3. The average Bonchev–Trinajstić information content (AvgIpc) is 2.84. The van der Waals surface area contributed by atoms with Crippen LogP contribution in [-0.4, -0.2) is 29.8 Å². The lowest BCUT2D eigenvalue weighted by Crippen LogP contribution is -2.44. The van der Waals surface area contributed by atoms with Crippen LogP contribution in [0, 0.1) is 17.8 Å². The summed E-state index contributed by atoms with van der Waals surface area (Å²) in [7, 11) is 0. The highest BCUT2D eigenvalue weighted by Crippen LogP contribution is 2.48. The normalized spacial score (nSPS) is 44.2. The van der Waals surface area contributed by atoms with E-state index in [0.717, 1.165) is 37.1 Å². The van der Waals surface area contributed by atoms with Crippen LogP contribution in [0.3, 0.4) is 0 Å². The highest BCUT2D eigenvalue weighted by Gasteiger charge is 2.40. The molecule has 90 valence electrons. The molecule has 0 amide bonds. The Bertz CT molecular complexity index is 288. The molecular weight excluding hydrogens is 198 g/mol. The molecule has 2 heteroatoms. The van der Waals surface area contributed by atoms with Gasteiger partial charge in [0.05, 0.1) is 0 Å². The van der Waals surface area contributed by atoms with Gasteiger partial charge in [0.1, 0.15) is 5.78 Å². The van der Waals surface area contributed by atoms with Gasteiger partial charge in [-0.05, 0) is 43.9 Å². The Hall–Kier alpha value is -0.370. The zero-order valence-corrected chi connectivity index (χ0v) is 10.3. The maximum Gasteiger partial charge on any atom is 0.135 e. The summed E-state index contributed by atoms with van der Waals surface area (Å²) in [5.74, 6) is 3.50. The molecule has 1 aliphatic heterocycles. The third kappa shape index (κ3) is 1.92. The highest BCUT2D eigenvalue weighted by molar-refractivity contribution is 5.79. The maximum atomic E-state index is 11.4. The Balaban J connectivity index is 1.56. The van der Waals surface area contributed by atoms with Gasteiger partial charge in [0, 0.05) is 32.0 Å². The maximum absolute atomic E-state index is 11.4. The van der Waals surface area contributed by atoms with Crippen molar-refractivity contribution in [3.8, 4) is 0 Å². The fourth-order valence-corrected chi connectivity index (χ4v) is 4.22. The molecule has 3 fully saturated rings. The molecule has 2 aliphatic carbocycles. The molecule has 3 aliphatic rings. The molecule has 0 aromatic rings. The molecule has 16 heavy (non-hydrogen) atoms. The molecule has 2 saturated carbocycles. The van der Waals surface area contributed by atoms with E-state index in [-0.39, 0.29) is 0 Å². The van der Waals surface area contributed by atoms with E-state index in [4.69, 9.17) is 0 Å². The fraction of sp³-hybridized carbons (Fsp3) is 0.929. The number of Topliss-reactive ketones (excluding diaryl/α,β-unsaturated/α-hetero) is 1. The Labute approximate surface area is 98.4 Å². The first kappa shape index (κ1) is 10.8. The minimum Gasteiger partial charge on any atom is -0.300 e. The lowest BCUT2D eigenvalue weighted by atomic mass is 9.87. The Morgan fingerprint density at radius 3 is 2.81 bits per heavy atom. The van der Waals surface area contributed by atoms with Gasteiger partial charge in [-0.2, -0.15) is 0 Å². The predicted octanol–water partition coefficient (Wildman–Crippen LogP) is 2.48. The largest absolute Gasteiger partial charge is 0.300 e. The van der Waals surface area contributed by atoms with Crippen LogP contribution in [0.4, 0.5) is 0 Å². The Morgan fingerprint density at radius 2 is 2.19 bits per heavy atom. The van der Waals surface area contributed by atoms with Crippen LogP contribution in [-0.2, 0) is 4.79 Å². The molecule has 0 aromatic heterocycles. The van der Waals surface area contributed by atoms with Crippen LogP contribution < -0.4 is 0 Å². The molecule has 2 bridgehead atoms. The number of ketones is 1. The van der Waals surface area contributed by atoms with Crippen LogP contribution in [0.5, 0.6) is 0 Å². The summed E-state index contributed by atoms with van der Waals surface area (Å²) in [6.45, 7) is 4.52. The monoisotopic (exact) mass is 221 g/mol. The fourth-order valence-electron chi connectivity index (χ4n) is 4.22. The van der Waals surface area contributed by atoms with Crippen LogP contribution in [0.1, 0.15) is 45.4 Å². The highest BCUT2D eigenvalue weighted by atomic mass is 16.1. The number of piperidine rings is 1. The van der Waals surface area contributed by atoms with Crippen LogP contribution >= 0.6 is 0 Å². The molecule has 3 rings (SSSR count). The number of nitrogens with zero attached hydrogens (tertiary/aromatic N) is 1. The summed E-state index contributed by atoms with van der Waals surface area (Å²) in [6.07, 6.45) is 7.55. The number of rotatable bonds is 2. The number of hydrogen-bond donors (Lipinski definition) is 0. The van der Waals surface area contributed by atoms with Crippen molar-refractivity contribution in [2.24, 2.45) is 17.8 Å². The number of likely N-dealkylation sites (tertiary alicyclic amines) is 1. The van der Waals surface area contributed by atoms with Gasteiger partial charge in [0.25, 0.3) is 0 Å². The minimum absolute atomic E-state index is 0.469. The van der Waals surface area contributed by atoms with Crippen molar-refractivity contribution in [1.29, 1.82) is 0 Å². The van der Waals surface area contributed by atoms with E-state index >= 15 is 0 Å². The molecule has 2 nitrogen and oxygen atoms in total. The SMILES string of the molecule is CC1CC(=O)CCN1CC1CC2CCC1C2. The number of fused-ring (bicyclic) bond motifs is 2. The summed E-state index contributed by atoms with van der Waals surface area (Å²) in [6, 6.07) is 0.500. The van der Waals surface area contributed by atoms with E-state index in [1.807, 2.05) is 0 Å². The van der Waals surface area contributed by atoms with Crippen molar-refractivity contribution in [2.75, 3.05) is 13.1 Å². The van der Waals surface area contributed by atoms with Gasteiger partial charge in [-0.3, -0.25) is 9.69 Å². The van der Waals surface area contributed by atoms with Crippen molar-refractivity contribution in [3.63, 3.8) is 0 Å². The second kappa shape index (κ2) is 4.14. The summed E-state index contributed by atoms with van der Waals surface area (Å²) >= 11 is 0. The number of hydrogen-bond acceptors (Lipinski definition) is 2. The average molecular weight is 221 g/mol. The zero-order chi connectivity index (χ0) is 11.1. The van der Waals surface area contributed by atoms with Crippen molar-refractivity contribution in [3.05, 3.63) is 0 Å². The van der Waals surface area contributed by atoms with Gasteiger partial charge >= 0.3 is 0 Å². The van der Waals surface area contributed by atoms with Gasteiger partial charge in [0.2, 0.25) is 0 Å². The first-order chi connectivity index (χ1) is 7.72. The van der Waals surface area contributed by atoms with Crippen molar-refractivity contribution in [1.82, 2.24) is 4.90 Å². The summed E-state index contributed by atoms with van der Waals surface area (Å²) in [5.41, 5.74) is 0. The standard InChI is InChI=1S/C14H23NO/c1-10-6-14(16)4-5-15(10)9-13-8-11-2-3-12(13)7-11/h10-13H,2-9H2,1H3. The van der Waals surface area contributed by atoms with E-state index < -0.39 is 0 Å². The summed E-state index contributed by atoms with van der Waals surface area (Å²) < 4.78 is 0. The van der Waals surface area contributed by atoms with Gasteiger partial charge in [0.15, 0.2) is 0 Å². The second-order valence-corrected chi connectivity index (χ2v) is 6.27. The molecule has 1 saturated heterocycles. The summed E-state index contributed by atoms with van der Waals surface area (Å²) in [5, 5.41) is 0. The third-order valence-corrected chi connectivity index (χ3v) is 5.18. The molecule has 4 atom stereocenters. The van der Waals surface area contributed by atoms with Crippen LogP contribution in [0.2, 0.25) is 0 Å². The van der Waals surface area contributed by atoms with Crippen LogP contribution in [0.15, 0.2) is 0 Å². The lowest BCUT2D eigenvalue weighted by molar-refractivity contribution is -0.123. The Morgan fingerprint density at radius 1 is 1.31 bits per heavy atom. The molecule has 4 unspecified atom stereocenters. The number of carbonyl (C=O) groups is 1. The van der Waals surface area contributed by atoms with Crippen LogP contribution in [0.25, 0.3) is 0 Å².